The summed E-state index contributed by atoms with van der Waals surface area (Å²) in [6.07, 6.45) is 4.75. The molecule has 0 aliphatic heterocycles. The molecule has 2 rings (SSSR count). The average Bonchev–Trinajstić information content (AvgIpc) is 2.39. The predicted octanol–water partition coefficient (Wildman–Crippen LogP) is 2.73. The molecule has 0 spiro atoms. The number of carbonyl (C=O) groups excluding carboxylic acids is 1. The number of hydrogen-bond acceptors (Lipinski definition) is 3. The van der Waals surface area contributed by atoms with Gasteiger partial charge in [-0.3, -0.25) is 4.79 Å². The van der Waals surface area contributed by atoms with E-state index >= 15 is 0 Å². The number of pyridine rings is 1. The summed E-state index contributed by atoms with van der Waals surface area (Å²) in [4.78, 5) is 16.2. The summed E-state index contributed by atoms with van der Waals surface area (Å²) in [5.74, 6) is -0.463. The number of benzene rings is 1. The van der Waals surface area contributed by atoms with Gasteiger partial charge < -0.3 is 5.73 Å². The van der Waals surface area contributed by atoms with Crippen LogP contribution in [0.15, 0.2) is 64.7 Å². The summed E-state index contributed by atoms with van der Waals surface area (Å²) in [6.45, 7) is 0. The Morgan fingerprint density at radius 3 is 2.67 bits per heavy atom. The molecule has 4 heteroatoms. The predicted molar refractivity (Wildman–Crippen MR) is 73.0 cm³/mol. The first-order chi connectivity index (χ1) is 8.75. The van der Waals surface area contributed by atoms with Crippen molar-refractivity contribution >= 4 is 23.7 Å². The highest BCUT2D eigenvalue weighted by molar-refractivity contribution is 7.99. The van der Waals surface area contributed by atoms with Crippen LogP contribution in [0.2, 0.25) is 0 Å². The molecule has 1 aromatic heterocycles. The largest absolute Gasteiger partial charge is 0.366 e. The quantitative estimate of drug-likeness (QED) is 0.856. The molecule has 0 fully saturated rings. The lowest BCUT2D eigenvalue weighted by Gasteiger charge is -2.03. The molecule has 1 aromatic carbocycles. The number of hydrogen-bond donors (Lipinski definition) is 1. The van der Waals surface area contributed by atoms with E-state index in [1.54, 1.807) is 24.0 Å². The van der Waals surface area contributed by atoms with Crippen molar-refractivity contribution < 1.29 is 4.79 Å². The molecule has 0 atom stereocenters. The van der Waals surface area contributed by atoms with Crippen LogP contribution in [0.3, 0.4) is 0 Å². The van der Waals surface area contributed by atoms with Gasteiger partial charge in [-0.05, 0) is 24.3 Å². The van der Waals surface area contributed by atoms with Gasteiger partial charge in [0.2, 0.25) is 5.91 Å². The minimum absolute atomic E-state index is 0.463. The van der Waals surface area contributed by atoms with E-state index in [0.29, 0.717) is 0 Å². The second-order valence-corrected chi connectivity index (χ2v) is 4.61. The third kappa shape index (κ3) is 3.46. The highest BCUT2D eigenvalue weighted by Crippen LogP contribution is 2.28. The molecule has 0 radical (unpaired) electrons. The van der Waals surface area contributed by atoms with Gasteiger partial charge in [0.1, 0.15) is 5.03 Å². The van der Waals surface area contributed by atoms with E-state index in [4.69, 9.17) is 5.73 Å². The minimum Gasteiger partial charge on any atom is -0.366 e. The summed E-state index contributed by atoms with van der Waals surface area (Å²) in [6, 6.07) is 13.7. The second kappa shape index (κ2) is 6.02. The van der Waals surface area contributed by atoms with Crippen LogP contribution in [-0.4, -0.2) is 10.9 Å². The van der Waals surface area contributed by atoms with E-state index in [1.165, 1.54) is 6.08 Å². The summed E-state index contributed by atoms with van der Waals surface area (Å²) < 4.78 is 0. The van der Waals surface area contributed by atoms with Crippen molar-refractivity contribution in [1.29, 1.82) is 0 Å². The molecule has 2 aromatic rings. The van der Waals surface area contributed by atoms with E-state index in [-0.39, 0.29) is 0 Å². The molecule has 1 amide bonds. The van der Waals surface area contributed by atoms with Gasteiger partial charge in [-0.25, -0.2) is 4.98 Å². The maximum atomic E-state index is 10.8. The first kappa shape index (κ1) is 12.4. The third-order valence-corrected chi connectivity index (χ3v) is 3.23. The molecule has 3 nitrogen and oxygen atoms in total. The second-order valence-electron chi connectivity index (χ2n) is 3.55. The number of primary amides is 1. The first-order valence-electron chi connectivity index (χ1n) is 5.41. The van der Waals surface area contributed by atoms with Crippen molar-refractivity contribution in [3.63, 3.8) is 0 Å². The Morgan fingerprint density at radius 1 is 1.17 bits per heavy atom. The van der Waals surface area contributed by atoms with Crippen molar-refractivity contribution in [3.05, 3.63) is 60.3 Å². The van der Waals surface area contributed by atoms with Gasteiger partial charge in [-0.15, -0.1) is 0 Å². The maximum absolute atomic E-state index is 10.8. The molecule has 1 heterocycles. The van der Waals surface area contributed by atoms with Crippen LogP contribution < -0.4 is 5.73 Å². The lowest BCUT2D eigenvalue weighted by atomic mass is 10.2. The number of carbonyl (C=O) groups is 1. The fourth-order valence-electron chi connectivity index (χ4n) is 1.39. The number of rotatable bonds is 4. The SMILES string of the molecule is NC(=O)/C=C/c1cccnc1Sc1ccccc1. The van der Waals surface area contributed by atoms with Crippen molar-refractivity contribution in [2.24, 2.45) is 5.73 Å². The molecule has 2 N–H and O–H groups in total. The highest BCUT2D eigenvalue weighted by atomic mass is 32.2. The Labute approximate surface area is 110 Å². The topological polar surface area (TPSA) is 56.0 Å². The van der Waals surface area contributed by atoms with E-state index < -0.39 is 5.91 Å². The Morgan fingerprint density at radius 2 is 1.94 bits per heavy atom. The molecule has 18 heavy (non-hydrogen) atoms. The Hall–Kier alpha value is -2.07. The molecule has 0 aliphatic rings. The summed E-state index contributed by atoms with van der Waals surface area (Å²) >= 11 is 1.55. The number of nitrogens with zero attached hydrogens (tertiary/aromatic N) is 1. The third-order valence-electron chi connectivity index (χ3n) is 2.19. The molecule has 0 aliphatic carbocycles. The van der Waals surface area contributed by atoms with Gasteiger partial charge in [-0.1, -0.05) is 36.0 Å². The molecule has 0 saturated carbocycles. The van der Waals surface area contributed by atoms with Gasteiger partial charge in [0.15, 0.2) is 0 Å². The average molecular weight is 256 g/mol. The van der Waals surface area contributed by atoms with Crippen LogP contribution in [0.25, 0.3) is 6.08 Å². The zero-order valence-electron chi connectivity index (χ0n) is 9.61. The van der Waals surface area contributed by atoms with Gasteiger partial charge in [0.05, 0.1) is 0 Å². The lowest BCUT2D eigenvalue weighted by molar-refractivity contribution is -0.113. The summed E-state index contributed by atoms with van der Waals surface area (Å²) in [5, 5.41) is 0.848. The first-order valence-corrected chi connectivity index (χ1v) is 6.23. The van der Waals surface area contributed by atoms with Crippen LogP contribution in [0, 0.1) is 0 Å². The molecule has 0 unspecified atom stereocenters. The molecule has 90 valence electrons. The molecule has 0 bridgehead atoms. The monoisotopic (exact) mass is 256 g/mol. The van der Waals surface area contributed by atoms with Crippen LogP contribution in [-0.2, 0) is 4.79 Å². The van der Waals surface area contributed by atoms with E-state index in [9.17, 15) is 4.79 Å². The molecular formula is C14H12N2OS. The highest BCUT2D eigenvalue weighted by Gasteiger charge is 2.02. The van der Waals surface area contributed by atoms with E-state index in [0.717, 1.165) is 15.5 Å². The summed E-state index contributed by atoms with van der Waals surface area (Å²) in [5.41, 5.74) is 5.97. The van der Waals surface area contributed by atoms with Crippen molar-refractivity contribution in [2.75, 3.05) is 0 Å². The zero-order valence-corrected chi connectivity index (χ0v) is 10.4. The van der Waals surface area contributed by atoms with Crippen LogP contribution in [0.4, 0.5) is 0 Å². The number of aromatic nitrogens is 1. The zero-order chi connectivity index (χ0) is 12.8. The number of amides is 1. The standard InChI is InChI=1S/C14H12N2OS/c15-13(17)9-8-11-5-4-10-16-14(11)18-12-6-2-1-3-7-12/h1-10H,(H2,15,17)/b9-8+. The van der Waals surface area contributed by atoms with Crippen LogP contribution >= 0.6 is 11.8 Å². The Balaban J connectivity index is 2.25. The van der Waals surface area contributed by atoms with Crippen molar-refractivity contribution in [1.82, 2.24) is 4.98 Å². The maximum Gasteiger partial charge on any atom is 0.241 e. The van der Waals surface area contributed by atoms with Gasteiger partial charge in [0, 0.05) is 22.7 Å². The van der Waals surface area contributed by atoms with Gasteiger partial charge >= 0.3 is 0 Å². The lowest BCUT2D eigenvalue weighted by Crippen LogP contribution is -2.05. The fourth-order valence-corrected chi connectivity index (χ4v) is 2.27. The van der Waals surface area contributed by atoms with Gasteiger partial charge in [0.25, 0.3) is 0 Å². The van der Waals surface area contributed by atoms with Crippen LogP contribution in [0.1, 0.15) is 5.56 Å². The molecular weight excluding hydrogens is 244 g/mol. The van der Waals surface area contributed by atoms with E-state index in [1.807, 2.05) is 42.5 Å². The Bertz CT molecular complexity index is 567. The van der Waals surface area contributed by atoms with Crippen molar-refractivity contribution in [3.8, 4) is 0 Å². The van der Waals surface area contributed by atoms with E-state index in [2.05, 4.69) is 4.98 Å². The Kier molecular flexibility index (Phi) is 4.15. The minimum atomic E-state index is -0.463. The number of nitrogens with two attached hydrogens (primary N) is 1. The molecule has 0 saturated heterocycles. The fraction of sp³-hybridized carbons (Fsp3) is 0. The normalized spacial score (nSPS) is 10.7. The smallest absolute Gasteiger partial charge is 0.241 e. The van der Waals surface area contributed by atoms with Gasteiger partial charge in [-0.2, -0.15) is 0 Å². The summed E-state index contributed by atoms with van der Waals surface area (Å²) in [7, 11) is 0. The van der Waals surface area contributed by atoms with Crippen molar-refractivity contribution in [2.45, 2.75) is 9.92 Å². The van der Waals surface area contributed by atoms with Crippen LogP contribution in [0.5, 0.6) is 0 Å².